The molecule has 0 aliphatic carbocycles. The van der Waals surface area contributed by atoms with E-state index in [0.717, 1.165) is 0 Å². The van der Waals surface area contributed by atoms with E-state index < -0.39 is 29.2 Å². The summed E-state index contributed by atoms with van der Waals surface area (Å²) in [5.74, 6) is -1.69. The van der Waals surface area contributed by atoms with Gasteiger partial charge >= 0.3 is 6.18 Å². The second-order valence-electron chi connectivity index (χ2n) is 4.37. The van der Waals surface area contributed by atoms with Crippen molar-refractivity contribution >= 4 is 11.6 Å². The number of nitrogens with one attached hydrogen (secondary N) is 2. The highest BCUT2D eigenvalue weighted by Crippen LogP contribution is 2.32. The minimum Gasteiger partial charge on any atom is -0.323 e. The van der Waals surface area contributed by atoms with Gasteiger partial charge in [0.25, 0.3) is 0 Å². The van der Waals surface area contributed by atoms with E-state index in [2.05, 4.69) is 10.6 Å². The molecular formula is C12H12F4N2O. The number of hydrogen-bond acceptors (Lipinski definition) is 2. The smallest absolute Gasteiger partial charge is 0.323 e. The Morgan fingerprint density at radius 1 is 1.37 bits per heavy atom. The van der Waals surface area contributed by atoms with E-state index in [-0.39, 0.29) is 5.92 Å². The highest BCUT2D eigenvalue weighted by atomic mass is 19.4. The van der Waals surface area contributed by atoms with Crippen LogP contribution in [0.4, 0.5) is 23.2 Å². The Hall–Kier alpha value is -1.63. The minimum atomic E-state index is -4.57. The third kappa shape index (κ3) is 3.23. The monoisotopic (exact) mass is 276 g/mol. The summed E-state index contributed by atoms with van der Waals surface area (Å²) in [6, 6.07) is 1.95. The quantitative estimate of drug-likeness (QED) is 0.814. The molecule has 1 aliphatic heterocycles. The molecule has 1 unspecified atom stereocenters. The predicted molar refractivity (Wildman–Crippen MR) is 61.0 cm³/mol. The van der Waals surface area contributed by atoms with Crippen LogP contribution in [0.5, 0.6) is 0 Å². The molecule has 0 saturated carbocycles. The lowest BCUT2D eigenvalue weighted by molar-refractivity contribution is -0.137. The molecule has 0 spiro atoms. The third-order valence-corrected chi connectivity index (χ3v) is 2.98. The molecule has 7 heteroatoms. The lowest BCUT2D eigenvalue weighted by Gasteiger charge is -2.13. The zero-order valence-corrected chi connectivity index (χ0v) is 9.85. The van der Waals surface area contributed by atoms with Crippen LogP contribution in [-0.4, -0.2) is 19.0 Å². The molecule has 1 aromatic rings. The van der Waals surface area contributed by atoms with Gasteiger partial charge in [-0.1, -0.05) is 0 Å². The SMILES string of the molecule is O=C(Nc1cc(C(F)(F)F)ccc1F)C1CCNC1. The number of amides is 1. The van der Waals surface area contributed by atoms with E-state index in [1.165, 1.54) is 0 Å². The number of alkyl halides is 3. The van der Waals surface area contributed by atoms with E-state index in [0.29, 0.717) is 37.7 Å². The Kier molecular flexibility index (Phi) is 3.75. The number of benzene rings is 1. The first-order valence-electron chi connectivity index (χ1n) is 5.76. The molecule has 2 rings (SSSR count). The van der Waals surface area contributed by atoms with Crippen LogP contribution in [0.3, 0.4) is 0 Å². The number of hydrogen-bond donors (Lipinski definition) is 2. The maximum absolute atomic E-state index is 13.4. The van der Waals surface area contributed by atoms with Gasteiger partial charge in [0.1, 0.15) is 5.82 Å². The average molecular weight is 276 g/mol. The van der Waals surface area contributed by atoms with Gasteiger partial charge in [-0.25, -0.2) is 4.39 Å². The Bertz CT molecular complexity index is 481. The molecule has 104 valence electrons. The first-order chi connectivity index (χ1) is 8.88. The second-order valence-corrected chi connectivity index (χ2v) is 4.37. The van der Waals surface area contributed by atoms with Gasteiger partial charge < -0.3 is 10.6 Å². The van der Waals surface area contributed by atoms with Gasteiger partial charge in [0.15, 0.2) is 0 Å². The Balaban J connectivity index is 2.17. The van der Waals surface area contributed by atoms with E-state index in [4.69, 9.17) is 0 Å². The minimum absolute atomic E-state index is 0.339. The van der Waals surface area contributed by atoms with Crippen LogP contribution in [0, 0.1) is 11.7 Å². The highest BCUT2D eigenvalue weighted by Gasteiger charge is 2.31. The molecule has 1 heterocycles. The Labute approximate surface area is 107 Å². The fourth-order valence-electron chi connectivity index (χ4n) is 1.91. The van der Waals surface area contributed by atoms with Gasteiger partial charge in [-0.15, -0.1) is 0 Å². The van der Waals surface area contributed by atoms with Gasteiger partial charge in [0.05, 0.1) is 17.2 Å². The van der Waals surface area contributed by atoms with Crippen LogP contribution in [0.25, 0.3) is 0 Å². The summed E-state index contributed by atoms with van der Waals surface area (Å²) in [5.41, 5.74) is -1.43. The van der Waals surface area contributed by atoms with Crippen LogP contribution in [0.15, 0.2) is 18.2 Å². The summed E-state index contributed by atoms with van der Waals surface area (Å²) < 4.78 is 50.9. The van der Waals surface area contributed by atoms with Crippen molar-refractivity contribution in [3.05, 3.63) is 29.6 Å². The number of rotatable bonds is 2. The lowest BCUT2D eigenvalue weighted by atomic mass is 10.1. The van der Waals surface area contributed by atoms with Crippen LogP contribution in [-0.2, 0) is 11.0 Å². The molecule has 19 heavy (non-hydrogen) atoms. The Morgan fingerprint density at radius 3 is 2.68 bits per heavy atom. The summed E-state index contributed by atoms with van der Waals surface area (Å²) in [5, 5.41) is 5.17. The normalized spacial score (nSPS) is 19.5. The molecule has 0 radical (unpaired) electrons. The van der Waals surface area contributed by atoms with E-state index >= 15 is 0 Å². The largest absolute Gasteiger partial charge is 0.416 e. The summed E-state index contributed by atoms with van der Waals surface area (Å²) in [6.45, 7) is 1.12. The zero-order chi connectivity index (χ0) is 14.0. The van der Waals surface area contributed by atoms with Gasteiger partial charge in [0.2, 0.25) is 5.91 Å². The lowest BCUT2D eigenvalue weighted by Crippen LogP contribution is -2.25. The average Bonchev–Trinajstić information content (AvgIpc) is 2.84. The van der Waals surface area contributed by atoms with Gasteiger partial charge in [-0.05, 0) is 31.2 Å². The highest BCUT2D eigenvalue weighted by molar-refractivity contribution is 5.93. The number of halogens is 4. The number of carbonyl (C=O) groups excluding carboxylic acids is 1. The Morgan fingerprint density at radius 2 is 2.11 bits per heavy atom. The summed E-state index contributed by atoms with van der Waals surface area (Å²) in [6.07, 6.45) is -3.98. The number of carbonyl (C=O) groups is 1. The molecule has 3 nitrogen and oxygen atoms in total. The molecular weight excluding hydrogens is 264 g/mol. The van der Waals surface area contributed by atoms with Crippen LogP contribution < -0.4 is 10.6 Å². The summed E-state index contributed by atoms with van der Waals surface area (Å²) in [7, 11) is 0. The first kappa shape index (κ1) is 13.8. The van der Waals surface area contributed by atoms with Crippen molar-refractivity contribution in [3.63, 3.8) is 0 Å². The number of anilines is 1. The molecule has 0 bridgehead atoms. The van der Waals surface area contributed by atoms with Crippen molar-refractivity contribution in [2.45, 2.75) is 12.6 Å². The van der Waals surface area contributed by atoms with Gasteiger partial charge in [-0.2, -0.15) is 13.2 Å². The maximum Gasteiger partial charge on any atom is 0.416 e. The standard InChI is InChI=1S/C12H12F4N2O/c13-9-2-1-8(12(14,15)16)5-10(9)18-11(19)7-3-4-17-6-7/h1-2,5,7,17H,3-4,6H2,(H,18,19). The van der Waals surface area contributed by atoms with E-state index in [9.17, 15) is 22.4 Å². The zero-order valence-electron chi connectivity index (χ0n) is 9.85. The van der Waals surface area contributed by atoms with Gasteiger partial charge in [0, 0.05) is 6.54 Å². The molecule has 1 fully saturated rings. The molecule has 2 N–H and O–H groups in total. The molecule has 1 atom stereocenters. The third-order valence-electron chi connectivity index (χ3n) is 2.98. The maximum atomic E-state index is 13.4. The molecule has 1 saturated heterocycles. The van der Waals surface area contributed by atoms with Crippen molar-refractivity contribution in [3.8, 4) is 0 Å². The molecule has 1 aromatic carbocycles. The van der Waals surface area contributed by atoms with Crippen molar-refractivity contribution in [2.24, 2.45) is 5.92 Å². The van der Waals surface area contributed by atoms with Crippen LogP contribution >= 0.6 is 0 Å². The van der Waals surface area contributed by atoms with Gasteiger partial charge in [-0.3, -0.25) is 4.79 Å². The fourth-order valence-corrected chi connectivity index (χ4v) is 1.91. The topological polar surface area (TPSA) is 41.1 Å². The summed E-state index contributed by atoms with van der Waals surface area (Å²) in [4.78, 5) is 11.7. The molecule has 0 aromatic heterocycles. The van der Waals surface area contributed by atoms with E-state index in [1.807, 2.05) is 0 Å². The fraction of sp³-hybridized carbons (Fsp3) is 0.417. The van der Waals surface area contributed by atoms with Crippen LogP contribution in [0.2, 0.25) is 0 Å². The van der Waals surface area contributed by atoms with Crippen LogP contribution in [0.1, 0.15) is 12.0 Å². The molecule has 1 aliphatic rings. The van der Waals surface area contributed by atoms with Crippen molar-refractivity contribution in [1.82, 2.24) is 5.32 Å². The second kappa shape index (κ2) is 5.16. The first-order valence-corrected chi connectivity index (χ1v) is 5.76. The molecule has 1 amide bonds. The van der Waals surface area contributed by atoms with Crippen molar-refractivity contribution in [1.29, 1.82) is 0 Å². The van der Waals surface area contributed by atoms with Crippen molar-refractivity contribution < 1.29 is 22.4 Å². The van der Waals surface area contributed by atoms with E-state index in [1.54, 1.807) is 0 Å². The summed E-state index contributed by atoms with van der Waals surface area (Å²) >= 11 is 0. The van der Waals surface area contributed by atoms with Crippen molar-refractivity contribution in [2.75, 3.05) is 18.4 Å². The predicted octanol–water partition coefficient (Wildman–Crippen LogP) is 2.39.